The number of methoxy groups -OCH3 is 1. The summed E-state index contributed by atoms with van der Waals surface area (Å²) < 4.78 is 14.9. The van der Waals surface area contributed by atoms with Crippen LogP contribution in [0.3, 0.4) is 0 Å². The number of carbonyl (C=O) groups is 3. The number of carboxylic acids is 1. The van der Waals surface area contributed by atoms with Gasteiger partial charge in [0.25, 0.3) is 0 Å². The summed E-state index contributed by atoms with van der Waals surface area (Å²) >= 11 is 0. The summed E-state index contributed by atoms with van der Waals surface area (Å²) in [6, 6.07) is -1.16. The van der Waals surface area contributed by atoms with Gasteiger partial charge >= 0.3 is 5.97 Å². The second-order valence-electron chi connectivity index (χ2n) is 4.12. The largest absolute Gasteiger partial charge is 0.480 e. The van der Waals surface area contributed by atoms with Crippen LogP contribution >= 0.6 is 0 Å². The average molecular weight is 306 g/mol. The molecule has 0 bridgehead atoms. The molecule has 0 radical (unpaired) electrons. The van der Waals surface area contributed by atoms with Gasteiger partial charge in [0.1, 0.15) is 12.6 Å². The van der Waals surface area contributed by atoms with E-state index in [0.717, 1.165) is 0 Å². The third kappa shape index (κ3) is 11.8. The first-order valence-corrected chi connectivity index (χ1v) is 6.42. The molecule has 0 heterocycles. The fraction of sp³-hybridized carbons (Fsp3) is 0.750. The van der Waals surface area contributed by atoms with Crippen LogP contribution in [0, 0.1) is 0 Å². The van der Waals surface area contributed by atoms with Crippen LogP contribution in [0.25, 0.3) is 0 Å². The molecule has 0 rings (SSSR count). The molecular weight excluding hydrogens is 284 g/mol. The lowest BCUT2D eigenvalue weighted by Gasteiger charge is -2.13. The number of primary amides is 1. The van der Waals surface area contributed by atoms with Crippen molar-refractivity contribution in [1.29, 1.82) is 0 Å². The van der Waals surface area contributed by atoms with E-state index in [1.165, 1.54) is 0 Å². The molecule has 0 saturated heterocycles. The molecule has 9 nitrogen and oxygen atoms in total. The quantitative estimate of drug-likeness (QED) is 0.352. The minimum Gasteiger partial charge on any atom is -0.480 e. The van der Waals surface area contributed by atoms with Gasteiger partial charge in [-0.3, -0.25) is 9.59 Å². The Labute approximate surface area is 122 Å². The average Bonchev–Trinajstić information content (AvgIpc) is 2.41. The van der Waals surface area contributed by atoms with Crippen molar-refractivity contribution in [2.75, 3.05) is 40.1 Å². The van der Waals surface area contributed by atoms with Gasteiger partial charge in [-0.2, -0.15) is 0 Å². The van der Waals surface area contributed by atoms with E-state index in [1.807, 2.05) is 0 Å². The van der Waals surface area contributed by atoms with Crippen LogP contribution in [0.2, 0.25) is 0 Å². The van der Waals surface area contributed by atoms with E-state index >= 15 is 0 Å². The standard InChI is InChI=1S/C12H22N2O7/c1-19-4-5-20-6-7-21-8-11(16)14-9(12(17)18)2-3-10(13)15/h9H,2-8H2,1H3,(H2,13,15)(H,14,16)(H,17,18). The van der Waals surface area contributed by atoms with Gasteiger partial charge in [-0.05, 0) is 6.42 Å². The molecule has 1 unspecified atom stereocenters. The molecule has 9 heteroatoms. The van der Waals surface area contributed by atoms with Crippen molar-refractivity contribution in [1.82, 2.24) is 5.32 Å². The highest BCUT2D eigenvalue weighted by atomic mass is 16.5. The molecule has 21 heavy (non-hydrogen) atoms. The summed E-state index contributed by atoms with van der Waals surface area (Å²) in [7, 11) is 1.56. The summed E-state index contributed by atoms with van der Waals surface area (Å²) in [6.45, 7) is 1.13. The van der Waals surface area contributed by atoms with Crippen LogP contribution in [0.5, 0.6) is 0 Å². The van der Waals surface area contributed by atoms with Gasteiger partial charge in [0, 0.05) is 13.5 Å². The number of nitrogens with one attached hydrogen (secondary N) is 1. The minimum atomic E-state index is -1.23. The molecule has 1 atom stereocenters. The maximum Gasteiger partial charge on any atom is 0.326 e. The maximum atomic E-state index is 11.5. The number of rotatable bonds is 13. The maximum absolute atomic E-state index is 11.5. The van der Waals surface area contributed by atoms with Crippen LogP contribution in [0.1, 0.15) is 12.8 Å². The topological polar surface area (TPSA) is 137 Å². The lowest BCUT2D eigenvalue weighted by molar-refractivity contribution is -0.143. The Kier molecular flexibility index (Phi) is 11.1. The molecule has 0 fully saturated rings. The van der Waals surface area contributed by atoms with Crippen molar-refractivity contribution in [2.45, 2.75) is 18.9 Å². The van der Waals surface area contributed by atoms with Gasteiger partial charge in [0.2, 0.25) is 11.8 Å². The normalized spacial score (nSPS) is 11.9. The second-order valence-corrected chi connectivity index (χ2v) is 4.12. The first-order chi connectivity index (χ1) is 9.97. The third-order valence-corrected chi connectivity index (χ3v) is 2.35. The minimum absolute atomic E-state index is 0.0590. The first kappa shape index (κ1) is 19.3. The van der Waals surface area contributed by atoms with Crippen molar-refractivity contribution in [3.05, 3.63) is 0 Å². The van der Waals surface area contributed by atoms with E-state index in [2.05, 4.69) is 5.32 Å². The van der Waals surface area contributed by atoms with Gasteiger partial charge in [0.05, 0.1) is 26.4 Å². The van der Waals surface area contributed by atoms with Crippen molar-refractivity contribution < 1.29 is 33.7 Å². The van der Waals surface area contributed by atoms with Crippen molar-refractivity contribution in [3.63, 3.8) is 0 Å². The highest BCUT2D eigenvalue weighted by Crippen LogP contribution is 1.97. The summed E-state index contributed by atoms with van der Waals surface area (Å²) in [6.07, 6.45) is -0.179. The number of aliphatic carboxylic acids is 1. The zero-order valence-corrected chi connectivity index (χ0v) is 12.0. The molecule has 0 aliphatic heterocycles. The Morgan fingerprint density at radius 2 is 1.76 bits per heavy atom. The molecule has 4 N–H and O–H groups in total. The Morgan fingerprint density at radius 3 is 2.33 bits per heavy atom. The summed E-state index contributed by atoms with van der Waals surface area (Å²) in [5, 5.41) is 11.1. The summed E-state index contributed by atoms with van der Waals surface area (Å²) in [4.78, 5) is 32.9. The van der Waals surface area contributed by atoms with Crippen LogP contribution in [-0.4, -0.2) is 69.1 Å². The smallest absolute Gasteiger partial charge is 0.326 e. The Morgan fingerprint density at radius 1 is 1.14 bits per heavy atom. The number of hydrogen-bond acceptors (Lipinski definition) is 6. The van der Waals surface area contributed by atoms with Crippen LogP contribution in [0.4, 0.5) is 0 Å². The van der Waals surface area contributed by atoms with Crippen molar-refractivity contribution in [3.8, 4) is 0 Å². The highest BCUT2D eigenvalue weighted by Gasteiger charge is 2.20. The highest BCUT2D eigenvalue weighted by molar-refractivity contribution is 5.84. The predicted octanol–water partition coefficient (Wildman–Crippen LogP) is -1.50. The van der Waals surface area contributed by atoms with E-state index in [9.17, 15) is 14.4 Å². The Bertz CT molecular complexity index is 336. The molecule has 0 aliphatic rings. The van der Waals surface area contributed by atoms with Crippen LogP contribution in [0.15, 0.2) is 0 Å². The lowest BCUT2D eigenvalue weighted by atomic mass is 10.1. The van der Waals surface area contributed by atoms with Crippen LogP contribution in [-0.2, 0) is 28.6 Å². The molecule has 0 aromatic heterocycles. The van der Waals surface area contributed by atoms with Gasteiger partial charge in [-0.25, -0.2) is 4.79 Å². The second kappa shape index (κ2) is 12.1. The van der Waals surface area contributed by atoms with E-state index in [0.29, 0.717) is 19.8 Å². The SMILES string of the molecule is COCCOCCOCC(=O)NC(CCC(N)=O)C(=O)O. The Balaban J connectivity index is 3.78. The van der Waals surface area contributed by atoms with Gasteiger partial charge in [-0.1, -0.05) is 0 Å². The van der Waals surface area contributed by atoms with Gasteiger partial charge in [-0.15, -0.1) is 0 Å². The van der Waals surface area contributed by atoms with Crippen molar-refractivity contribution in [2.24, 2.45) is 5.73 Å². The Hall–Kier alpha value is -1.71. The fourth-order valence-corrected chi connectivity index (χ4v) is 1.31. The predicted molar refractivity (Wildman–Crippen MR) is 71.5 cm³/mol. The zero-order chi connectivity index (χ0) is 16.1. The molecule has 0 aliphatic carbocycles. The number of nitrogens with two attached hydrogens (primary N) is 1. The van der Waals surface area contributed by atoms with Crippen molar-refractivity contribution >= 4 is 17.8 Å². The van der Waals surface area contributed by atoms with E-state index in [4.69, 9.17) is 25.1 Å². The summed E-state index contributed by atoms with van der Waals surface area (Å²) in [5.74, 6) is -2.43. The number of hydrogen-bond donors (Lipinski definition) is 3. The zero-order valence-electron chi connectivity index (χ0n) is 12.0. The van der Waals surface area contributed by atoms with Gasteiger partial charge < -0.3 is 30.4 Å². The third-order valence-electron chi connectivity index (χ3n) is 2.35. The molecule has 0 aromatic rings. The van der Waals surface area contributed by atoms with E-state index < -0.39 is 23.8 Å². The molecule has 0 aromatic carbocycles. The first-order valence-electron chi connectivity index (χ1n) is 6.42. The van der Waals surface area contributed by atoms with Gasteiger partial charge in [0.15, 0.2) is 0 Å². The lowest BCUT2D eigenvalue weighted by Crippen LogP contribution is -2.43. The van der Waals surface area contributed by atoms with Crippen LogP contribution < -0.4 is 11.1 Å². The fourth-order valence-electron chi connectivity index (χ4n) is 1.31. The molecule has 0 saturated carbocycles. The molecule has 122 valence electrons. The van der Waals surface area contributed by atoms with E-state index in [1.54, 1.807) is 7.11 Å². The molecule has 2 amide bonds. The number of amides is 2. The number of carbonyl (C=O) groups excluding carboxylic acids is 2. The monoisotopic (exact) mass is 306 g/mol. The molecule has 0 spiro atoms. The number of ether oxygens (including phenoxy) is 3. The molecular formula is C12H22N2O7. The number of carboxylic acid groups (broad SMARTS) is 1. The summed E-state index contributed by atoms with van der Waals surface area (Å²) in [5.41, 5.74) is 4.93. The van der Waals surface area contributed by atoms with E-state index in [-0.39, 0.29) is 26.1 Å².